The van der Waals surface area contributed by atoms with Crippen LogP contribution in [0.25, 0.3) is 0 Å². The van der Waals surface area contributed by atoms with E-state index in [0.717, 1.165) is 11.3 Å². The monoisotopic (exact) mass is 313 g/mol. The fraction of sp³-hybridized carbons (Fsp3) is 0.600. The third-order valence-electron chi connectivity index (χ3n) is 1.96. The van der Waals surface area contributed by atoms with Crippen LogP contribution in [0.15, 0.2) is 16.3 Å². The summed E-state index contributed by atoms with van der Waals surface area (Å²) >= 11 is 6.71. The maximum absolute atomic E-state index is 11.9. The van der Waals surface area contributed by atoms with E-state index in [1.54, 1.807) is 6.07 Å². The molecule has 18 heavy (non-hydrogen) atoms. The van der Waals surface area contributed by atoms with Gasteiger partial charge in [0.15, 0.2) is 6.29 Å². The number of thiophene rings is 1. The van der Waals surface area contributed by atoms with Crippen molar-refractivity contribution in [1.29, 1.82) is 0 Å². The van der Waals surface area contributed by atoms with E-state index in [9.17, 15) is 8.42 Å². The maximum Gasteiger partial charge on any atom is 0.250 e. The SMILES string of the molecule is CCOC(CNS(=O)(=O)c1ccc(Cl)s1)OCC. The molecule has 1 N–H and O–H groups in total. The van der Waals surface area contributed by atoms with Crippen molar-refractivity contribution in [2.45, 2.75) is 24.3 Å². The molecular formula is C10H16ClNO4S2. The van der Waals surface area contributed by atoms with Crippen LogP contribution in [-0.4, -0.2) is 34.5 Å². The Labute approximate surface area is 116 Å². The lowest BCUT2D eigenvalue weighted by Gasteiger charge is -2.17. The van der Waals surface area contributed by atoms with Crippen LogP contribution in [0.5, 0.6) is 0 Å². The molecule has 0 bridgehead atoms. The van der Waals surface area contributed by atoms with Gasteiger partial charge in [0, 0.05) is 13.2 Å². The van der Waals surface area contributed by atoms with Crippen LogP contribution in [0.1, 0.15) is 13.8 Å². The lowest BCUT2D eigenvalue weighted by molar-refractivity contribution is -0.130. The van der Waals surface area contributed by atoms with Crippen LogP contribution < -0.4 is 4.72 Å². The molecule has 1 aromatic rings. The molecule has 0 atom stereocenters. The third kappa shape index (κ3) is 4.83. The molecule has 0 amide bonds. The van der Waals surface area contributed by atoms with Crippen LogP contribution in [0.3, 0.4) is 0 Å². The van der Waals surface area contributed by atoms with Crippen molar-refractivity contribution in [3.63, 3.8) is 0 Å². The van der Waals surface area contributed by atoms with Crippen LogP contribution in [0, 0.1) is 0 Å². The van der Waals surface area contributed by atoms with E-state index < -0.39 is 16.3 Å². The Hall–Kier alpha value is -0.180. The summed E-state index contributed by atoms with van der Waals surface area (Å²) in [5.74, 6) is 0. The topological polar surface area (TPSA) is 64.6 Å². The van der Waals surface area contributed by atoms with Gasteiger partial charge in [-0.15, -0.1) is 11.3 Å². The first-order chi connectivity index (χ1) is 8.49. The molecule has 104 valence electrons. The molecule has 0 saturated carbocycles. The Morgan fingerprint density at radius 1 is 1.33 bits per heavy atom. The predicted octanol–water partition coefficient (Wildman–Crippen LogP) is 2.08. The second-order valence-corrected chi connectivity index (χ2v) is 6.96. The second-order valence-electron chi connectivity index (χ2n) is 3.25. The minimum Gasteiger partial charge on any atom is -0.352 e. The highest BCUT2D eigenvalue weighted by Crippen LogP contribution is 2.25. The second kappa shape index (κ2) is 7.42. The minimum absolute atomic E-state index is 0.0690. The number of hydrogen-bond donors (Lipinski definition) is 1. The van der Waals surface area contributed by atoms with Crippen molar-refractivity contribution in [3.8, 4) is 0 Å². The predicted molar refractivity (Wildman–Crippen MR) is 71.6 cm³/mol. The molecule has 1 aromatic heterocycles. The van der Waals surface area contributed by atoms with Gasteiger partial charge in [0.2, 0.25) is 10.0 Å². The number of halogens is 1. The van der Waals surface area contributed by atoms with Gasteiger partial charge in [-0.25, -0.2) is 13.1 Å². The van der Waals surface area contributed by atoms with Gasteiger partial charge in [0.1, 0.15) is 4.21 Å². The molecule has 0 aliphatic carbocycles. The summed E-state index contributed by atoms with van der Waals surface area (Å²) in [4.78, 5) is 0. The van der Waals surface area contributed by atoms with Crippen LogP contribution >= 0.6 is 22.9 Å². The van der Waals surface area contributed by atoms with Crippen LogP contribution in [0.2, 0.25) is 4.34 Å². The first-order valence-electron chi connectivity index (χ1n) is 5.47. The average Bonchev–Trinajstić information content (AvgIpc) is 2.74. The summed E-state index contributed by atoms with van der Waals surface area (Å²) in [6.07, 6.45) is -0.579. The molecule has 0 aromatic carbocycles. The molecule has 1 rings (SSSR count). The molecule has 0 unspecified atom stereocenters. The fourth-order valence-corrected chi connectivity index (χ4v) is 3.77. The van der Waals surface area contributed by atoms with Crippen LogP contribution in [-0.2, 0) is 19.5 Å². The van der Waals surface area contributed by atoms with Crippen molar-refractivity contribution in [1.82, 2.24) is 4.72 Å². The van der Waals surface area contributed by atoms with Gasteiger partial charge in [0.05, 0.1) is 10.9 Å². The molecule has 0 saturated heterocycles. The van der Waals surface area contributed by atoms with Gasteiger partial charge >= 0.3 is 0 Å². The lowest BCUT2D eigenvalue weighted by Crippen LogP contribution is -2.35. The zero-order valence-electron chi connectivity index (χ0n) is 10.2. The van der Waals surface area contributed by atoms with Gasteiger partial charge in [0.25, 0.3) is 0 Å². The molecular weight excluding hydrogens is 298 g/mol. The molecule has 1 heterocycles. The van der Waals surface area contributed by atoms with E-state index >= 15 is 0 Å². The quantitative estimate of drug-likeness (QED) is 0.746. The number of hydrogen-bond acceptors (Lipinski definition) is 5. The zero-order chi connectivity index (χ0) is 13.6. The Balaban J connectivity index is 2.60. The third-order valence-corrected chi connectivity index (χ3v) is 5.11. The van der Waals surface area contributed by atoms with E-state index in [2.05, 4.69) is 4.72 Å². The Morgan fingerprint density at radius 2 is 1.94 bits per heavy atom. The molecule has 0 aliphatic heterocycles. The van der Waals surface area contributed by atoms with E-state index in [-0.39, 0.29) is 10.8 Å². The summed E-state index contributed by atoms with van der Waals surface area (Å²) < 4.78 is 37.3. The Kier molecular flexibility index (Phi) is 6.54. The first kappa shape index (κ1) is 15.9. The molecule has 0 fully saturated rings. The van der Waals surface area contributed by atoms with Gasteiger partial charge in [-0.1, -0.05) is 11.6 Å². The number of nitrogens with one attached hydrogen (secondary N) is 1. The summed E-state index contributed by atoms with van der Waals surface area (Å²) in [5.41, 5.74) is 0. The van der Waals surface area contributed by atoms with E-state index in [4.69, 9.17) is 21.1 Å². The van der Waals surface area contributed by atoms with E-state index in [1.807, 2.05) is 13.8 Å². The number of ether oxygens (including phenoxy) is 2. The molecule has 5 nitrogen and oxygen atoms in total. The first-order valence-corrected chi connectivity index (χ1v) is 8.15. The minimum atomic E-state index is -3.55. The Morgan fingerprint density at radius 3 is 2.39 bits per heavy atom. The van der Waals surface area contributed by atoms with E-state index in [1.165, 1.54) is 6.07 Å². The van der Waals surface area contributed by atoms with Crippen LogP contribution in [0.4, 0.5) is 0 Å². The number of sulfonamides is 1. The summed E-state index contributed by atoms with van der Waals surface area (Å²) in [5, 5.41) is 0. The zero-order valence-corrected chi connectivity index (χ0v) is 12.6. The van der Waals surface area contributed by atoms with Gasteiger partial charge in [-0.3, -0.25) is 0 Å². The lowest BCUT2D eigenvalue weighted by atomic mass is 10.6. The van der Waals surface area contributed by atoms with Gasteiger partial charge in [-0.2, -0.15) is 0 Å². The van der Waals surface area contributed by atoms with E-state index in [0.29, 0.717) is 17.6 Å². The highest BCUT2D eigenvalue weighted by Gasteiger charge is 2.19. The van der Waals surface area contributed by atoms with Crippen molar-refractivity contribution < 1.29 is 17.9 Å². The average molecular weight is 314 g/mol. The smallest absolute Gasteiger partial charge is 0.250 e. The standard InChI is InChI=1S/C10H16ClNO4S2/c1-3-15-9(16-4-2)7-12-18(13,14)10-6-5-8(11)17-10/h5-6,9,12H,3-4,7H2,1-2H3. The van der Waals surface area contributed by atoms with Crippen molar-refractivity contribution in [2.24, 2.45) is 0 Å². The van der Waals surface area contributed by atoms with Crippen molar-refractivity contribution in [3.05, 3.63) is 16.5 Å². The van der Waals surface area contributed by atoms with Crippen molar-refractivity contribution in [2.75, 3.05) is 19.8 Å². The molecule has 8 heteroatoms. The molecule has 0 radical (unpaired) electrons. The largest absolute Gasteiger partial charge is 0.352 e. The van der Waals surface area contributed by atoms with Gasteiger partial charge < -0.3 is 9.47 Å². The summed E-state index contributed by atoms with van der Waals surface area (Å²) in [6.45, 7) is 4.62. The van der Waals surface area contributed by atoms with Crippen molar-refractivity contribution >= 4 is 33.0 Å². The molecule has 0 spiro atoms. The summed E-state index contributed by atoms with van der Waals surface area (Å²) in [6, 6.07) is 3.01. The number of rotatable bonds is 8. The Bertz CT molecular complexity index is 454. The fourth-order valence-electron chi connectivity index (χ4n) is 1.23. The van der Waals surface area contributed by atoms with Gasteiger partial charge in [-0.05, 0) is 26.0 Å². The highest BCUT2D eigenvalue weighted by atomic mass is 35.5. The normalized spacial score (nSPS) is 12.2. The summed E-state index contributed by atoms with van der Waals surface area (Å²) in [7, 11) is -3.55. The highest BCUT2D eigenvalue weighted by molar-refractivity contribution is 7.91. The maximum atomic E-state index is 11.9. The molecule has 0 aliphatic rings.